The van der Waals surface area contributed by atoms with E-state index in [1.54, 1.807) is 26.1 Å². The summed E-state index contributed by atoms with van der Waals surface area (Å²) < 4.78 is 7.18. The number of furan rings is 1. The van der Waals surface area contributed by atoms with Crippen molar-refractivity contribution in [2.75, 3.05) is 0 Å². The van der Waals surface area contributed by atoms with Crippen molar-refractivity contribution in [1.82, 2.24) is 15.4 Å². The maximum atomic E-state index is 12.3. The van der Waals surface area contributed by atoms with Gasteiger partial charge < -0.3 is 8.98 Å². The molecule has 0 fully saturated rings. The van der Waals surface area contributed by atoms with Crippen molar-refractivity contribution < 1.29 is 14.0 Å². The second kappa shape index (κ2) is 5.64. The number of nitrogens with one attached hydrogen (secondary N) is 2. The van der Waals surface area contributed by atoms with Gasteiger partial charge >= 0.3 is 0 Å². The topological polar surface area (TPSA) is 76.3 Å². The Morgan fingerprint density at radius 1 is 1.04 bits per heavy atom. The Morgan fingerprint density at radius 3 is 2.35 bits per heavy atom. The number of carbonyl (C=O) groups excluding carboxylic acids is 2. The highest BCUT2D eigenvalue weighted by atomic mass is 16.3. The fourth-order valence-electron chi connectivity index (χ4n) is 2.63. The number of nitrogens with zero attached hydrogens (tertiary/aromatic N) is 1. The molecule has 0 saturated heterocycles. The Bertz CT molecular complexity index is 905. The molecular weight excluding hydrogens is 294 g/mol. The van der Waals surface area contributed by atoms with Crippen LogP contribution in [0.1, 0.15) is 32.2 Å². The smallest absolute Gasteiger partial charge is 0.273 e. The number of amides is 2. The first-order chi connectivity index (χ1) is 11.0. The molecule has 2 N–H and O–H groups in total. The first-order valence-corrected chi connectivity index (χ1v) is 7.19. The molecule has 2 aromatic heterocycles. The molecule has 3 aromatic rings. The zero-order valence-electron chi connectivity index (χ0n) is 13.1. The van der Waals surface area contributed by atoms with Gasteiger partial charge in [-0.1, -0.05) is 18.2 Å². The minimum absolute atomic E-state index is 0.368. The van der Waals surface area contributed by atoms with Crippen LogP contribution in [-0.4, -0.2) is 16.4 Å². The van der Waals surface area contributed by atoms with E-state index in [-0.39, 0.29) is 5.91 Å². The molecule has 0 unspecified atom stereocenters. The van der Waals surface area contributed by atoms with Gasteiger partial charge in [0, 0.05) is 24.1 Å². The molecule has 0 aliphatic carbocycles. The predicted molar refractivity (Wildman–Crippen MR) is 86.0 cm³/mol. The van der Waals surface area contributed by atoms with Gasteiger partial charge in [0.25, 0.3) is 11.8 Å². The number of fused-ring (bicyclic) bond motifs is 1. The Labute approximate surface area is 133 Å². The minimum Gasteiger partial charge on any atom is -0.466 e. The van der Waals surface area contributed by atoms with Crippen molar-refractivity contribution in [3.63, 3.8) is 0 Å². The van der Waals surface area contributed by atoms with E-state index in [4.69, 9.17) is 4.42 Å². The SMILES string of the molecule is Cc1cc(C(=O)NNC(=O)c2cn(C)c3ccccc23)c(C)o1. The number of hydrogen-bond donors (Lipinski definition) is 2. The zero-order chi connectivity index (χ0) is 16.6. The maximum absolute atomic E-state index is 12.3. The summed E-state index contributed by atoms with van der Waals surface area (Å²) >= 11 is 0. The second-order valence-electron chi connectivity index (χ2n) is 5.41. The summed E-state index contributed by atoms with van der Waals surface area (Å²) in [5.74, 6) is 0.383. The second-order valence-corrected chi connectivity index (χ2v) is 5.41. The van der Waals surface area contributed by atoms with Gasteiger partial charge in [-0.25, -0.2) is 0 Å². The van der Waals surface area contributed by atoms with Gasteiger partial charge in [0.15, 0.2) is 0 Å². The van der Waals surface area contributed by atoms with Gasteiger partial charge in [-0.3, -0.25) is 20.4 Å². The van der Waals surface area contributed by atoms with E-state index < -0.39 is 5.91 Å². The normalized spacial score (nSPS) is 10.7. The van der Waals surface area contributed by atoms with Crippen molar-refractivity contribution >= 4 is 22.7 Å². The van der Waals surface area contributed by atoms with E-state index in [1.165, 1.54) is 0 Å². The number of rotatable bonds is 2. The number of carbonyl (C=O) groups is 2. The number of aromatic nitrogens is 1. The maximum Gasteiger partial charge on any atom is 0.273 e. The molecule has 0 aliphatic rings. The molecule has 118 valence electrons. The van der Waals surface area contributed by atoms with Gasteiger partial charge in [0.1, 0.15) is 11.5 Å². The summed E-state index contributed by atoms with van der Waals surface area (Å²) in [7, 11) is 1.87. The van der Waals surface area contributed by atoms with Crippen LogP contribution in [0.3, 0.4) is 0 Å². The summed E-state index contributed by atoms with van der Waals surface area (Å²) in [6.45, 7) is 3.47. The number of aryl methyl sites for hydroxylation is 3. The summed E-state index contributed by atoms with van der Waals surface area (Å²) in [5, 5.41) is 0.831. The van der Waals surface area contributed by atoms with Crippen molar-refractivity contribution in [3.05, 3.63) is 59.2 Å². The Kier molecular flexibility index (Phi) is 3.65. The molecular formula is C17H17N3O3. The molecule has 3 rings (SSSR count). The molecule has 23 heavy (non-hydrogen) atoms. The largest absolute Gasteiger partial charge is 0.466 e. The van der Waals surface area contributed by atoms with Crippen LogP contribution in [0.2, 0.25) is 0 Å². The molecule has 2 amide bonds. The van der Waals surface area contributed by atoms with Gasteiger partial charge in [0.2, 0.25) is 0 Å². The van der Waals surface area contributed by atoms with Gasteiger partial charge in [0.05, 0.1) is 11.1 Å². The standard InChI is InChI=1S/C17H17N3O3/c1-10-8-13(11(2)23-10)16(21)18-19-17(22)14-9-20(3)15-7-5-4-6-12(14)15/h4-9H,1-3H3,(H,18,21)(H,19,22). The molecule has 0 spiro atoms. The summed E-state index contributed by atoms with van der Waals surface area (Å²) in [6.07, 6.45) is 1.74. The molecule has 0 saturated carbocycles. The Morgan fingerprint density at radius 2 is 1.70 bits per heavy atom. The third-order valence-corrected chi connectivity index (χ3v) is 3.72. The molecule has 6 nitrogen and oxygen atoms in total. The number of para-hydroxylation sites is 1. The number of hydrogen-bond acceptors (Lipinski definition) is 3. The lowest BCUT2D eigenvalue weighted by Gasteiger charge is -2.06. The Balaban J connectivity index is 1.76. The van der Waals surface area contributed by atoms with Crippen molar-refractivity contribution in [1.29, 1.82) is 0 Å². The molecule has 1 aromatic carbocycles. The van der Waals surface area contributed by atoms with E-state index in [9.17, 15) is 9.59 Å². The number of hydrazine groups is 1. The molecule has 0 bridgehead atoms. The van der Waals surface area contributed by atoms with Crippen molar-refractivity contribution in [2.45, 2.75) is 13.8 Å². The summed E-state index contributed by atoms with van der Waals surface area (Å²) in [4.78, 5) is 24.4. The van der Waals surface area contributed by atoms with E-state index in [2.05, 4.69) is 10.9 Å². The van der Waals surface area contributed by atoms with E-state index >= 15 is 0 Å². The molecule has 0 aliphatic heterocycles. The number of benzene rings is 1. The highest BCUT2D eigenvalue weighted by Gasteiger charge is 2.17. The molecule has 0 atom stereocenters. The highest BCUT2D eigenvalue weighted by molar-refractivity contribution is 6.08. The summed E-state index contributed by atoms with van der Waals surface area (Å²) in [5.41, 5.74) is 6.72. The third-order valence-electron chi connectivity index (χ3n) is 3.72. The van der Waals surface area contributed by atoms with Crippen LogP contribution in [0.25, 0.3) is 10.9 Å². The van der Waals surface area contributed by atoms with Crippen molar-refractivity contribution in [3.8, 4) is 0 Å². The lowest BCUT2D eigenvalue weighted by Crippen LogP contribution is -2.41. The molecule has 0 radical (unpaired) electrons. The van der Waals surface area contributed by atoms with Gasteiger partial charge in [-0.05, 0) is 26.0 Å². The van der Waals surface area contributed by atoms with Crippen LogP contribution < -0.4 is 10.9 Å². The fraction of sp³-hybridized carbons (Fsp3) is 0.176. The van der Waals surface area contributed by atoms with Crippen LogP contribution >= 0.6 is 0 Å². The lowest BCUT2D eigenvalue weighted by molar-refractivity contribution is 0.0846. The fourth-order valence-corrected chi connectivity index (χ4v) is 2.63. The lowest BCUT2D eigenvalue weighted by atomic mass is 10.2. The van der Waals surface area contributed by atoms with Crippen LogP contribution in [0, 0.1) is 13.8 Å². The van der Waals surface area contributed by atoms with Crippen LogP contribution in [0.4, 0.5) is 0 Å². The average molecular weight is 311 g/mol. The van der Waals surface area contributed by atoms with E-state index in [1.807, 2.05) is 35.9 Å². The summed E-state index contributed by atoms with van der Waals surface area (Å²) in [6, 6.07) is 9.22. The van der Waals surface area contributed by atoms with Gasteiger partial charge in [-0.15, -0.1) is 0 Å². The van der Waals surface area contributed by atoms with Crippen molar-refractivity contribution in [2.24, 2.45) is 7.05 Å². The minimum atomic E-state index is -0.409. The van der Waals surface area contributed by atoms with Gasteiger partial charge in [-0.2, -0.15) is 0 Å². The first-order valence-electron chi connectivity index (χ1n) is 7.19. The highest BCUT2D eigenvalue weighted by Crippen LogP contribution is 2.20. The monoisotopic (exact) mass is 311 g/mol. The quantitative estimate of drug-likeness (QED) is 0.714. The molecule has 6 heteroatoms. The van der Waals surface area contributed by atoms with E-state index in [0.29, 0.717) is 22.6 Å². The van der Waals surface area contributed by atoms with E-state index in [0.717, 1.165) is 10.9 Å². The van der Waals surface area contributed by atoms with Crippen LogP contribution in [-0.2, 0) is 7.05 Å². The first kappa shape index (κ1) is 14.9. The predicted octanol–water partition coefficient (Wildman–Crippen LogP) is 2.46. The average Bonchev–Trinajstić information content (AvgIpc) is 3.05. The van der Waals surface area contributed by atoms with Crippen LogP contribution in [0.5, 0.6) is 0 Å². The Hall–Kier alpha value is -3.02. The van der Waals surface area contributed by atoms with Crippen LogP contribution in [0.15, 0.2) is 40.9 Å². The molecule has 2 heterocycles. The third kappa shape index (κ3) is 2.70. The zero-order valence-corrected chi connectivity index (χ0v) is 13.1.